The van der Waals surface area contributed by atoms with Gasteiger partial charge in [0.1, 0.15) is 17.6 Å². The van der Waals surface area contributed by atoms with Crippen molar-refractivity contribution in [3.63, 3.8) is 0 Å². The number of nitrogens with one attached hydrogen (secondary N) is 2. The van der Waals surface area contributed by atoms with E-state index in [2.05, 4.69) is 34.7 Å². The quantitative estimate of drug-likeness (QED) is 0.413. The average Bonchev–Trinajstić information content (AvgIpc) is 3.02. The Morgan fingerprint density at radius 3 is 2.88 bits per heavy atom. The lowest BCUT2D eigenvalue weighted by Gasteiger charge is -2.22. The van der Waals surface area contributed by atoms with Crippen LogP contribution < -0.4 is 15.4 Å². The topological polar surface area (TPSA) is 83.5 Å². The highest BCUT2D eigenvalue weighted by molar-refractivity contribution is 7.15. The largest absolute Gasteiger partial charge is 0.467 e. The number of hydrogen-bond acceptors (Lipinski definition) is 6. The van der Waals surface area contributed by atoms with Crippen LogP contribution >= 0.6 is 11.3 Å². The minimum Gasteiger partial charge on any atom is -0.467 e. The van der Waals surface area contributed by atoms with E-state index in [4.69, 9.17) is 4.74 Å². The van der Waals surface area contributed by atoms with Gasteiger partial charge in [0, 0.05) is 18.6 Å². The van der Waals surface area contributed by atoms with Crippen LogP contribution in [0.4, 0.5) is 0 Å². The number of thiazole rings is 1. The minimum absolute atomic E-state index is 0.0558. The zero-order valence-electron chi connectivity index (χ0n) is 15.7. The number of aliphatic hydroxyl groups excluding tert-OH is 1. The molecule has 0 aliphatic carbocycles. The lowest BCUT2D eigenvalue weighted by atomic mass is 10.1. The monoisotopic (exact) mass is 369 g/mol. The molecule has 1 rings (SSSR count). The van der Waals surface area contributed by atoms with Crippen LogP contribution in [0, 0.1) is 0 Å². The SMILES string of the molecule is CC/C=C/CCCNC(=O)c1cnc(OCC(O)CNC(C)(C)C)s1. The molecule has 1 unspecified atom stereocenters. The van der Waals surface area contributed by atoms with E-state index in [0.717, 1.165) is 19.3 Å². The van der Waals surface area contributed by atoms with Crippen molar-refractivity contribution in [1.82, 2.24) is 15.6 Å². The van der Waals surface area contributed by atoms with Crippen molar-refractivity contribution in [1.29, 1.82) is 0 Å². The fourth-order valence-electron chi connectivity index (χ4n) is 1.87. The van der Waals surface area contributed by atoms with Crippen molar-refractivity contribution < 1.29 is 14.6 Å². The maximum absolute atomic E-state index is 12.0. The Kier molecular flexibility index (Phi) is 9.70. The van der Waals surface area contributed by atoms with Crippen LogP contribution in [0.15, 0.2) is 18.3 Å². The highest BCUT2D eigenvalue weighted by atomic mass is 32.1. The van der Waals surface area contributed by atoms with Gasteiger partial charge in [-0.25, -0.2) is 4.98 Å². The summed E-state index contributed by atoms with van der Waals surface area (Å²) < 4.78 is 5.46. The van der Waals surface area contributed by atoms with Gasteiger partial charge in [-0.3, -0.25) is 4.79 Å². The molecule has 1 heterocycles. The van der Waals surface area contributed by atoms with Gasteiger partial charge >= 0.3 is 0 Å². The molecular formula is C18H31N3O3S. The number of amides is 1. The normalized spacial score (nSPS) is 13.2. The van der Waals surface area contributed by atoms with Gasteiger partial charge in [0.05, 0.1) is 6.20 Å². The second-order valence-corrected chi connectivity index (χ2v) is 7.86. The molecule has 0 aliphatic heterocycles. The molecule has 142 valence electrons. The lowest BCUT2D eigenvalue weighted by molar-refractivity contribution is 0.0957. The summed E-state index contributed by atoms with van der Waals surface area (Å²) in [5, 5.41) is 16.4. The molecule has 0 radical (unpaired) electrons. The smallest absolute Gasteiger partial charge is 0.273 e. The number of β-amino-alcohol motifs (C(OH)–C–C–N with tert-alkyl or cyclic N) is 1. The number of aromatic nitrogens is 1. The molecular weight excluding hydrogens is 338 g/mol. The summed E-state index contributed by atoms with van der Waals surface area (Å²) in [7, 11) is 0. The number of ether oxygens (including phenoxy) is 1. The summed E-state index contributed by atoms with van der Waals surface area (Å²) in [6, 6.07) is 0. The number of carbonyl (C=O) groups excluding carboxylic acids is 1. The zero-order chi connectivity index (χ0) is 18.7. The number of aliphatic hydroxyl groups is 1. The molecule has 3 N–H and O–H groups in total. The predicted molar refractivity (Wildman–Crippen MR) is 102 cm³/mol. The van der Waals surface area contributed by atoms with Crippen molar-refractivity contribution in [2.75, 3.05) is 19.7 Å². The zero-order valence-corrected chi connectivity index (χ0v) is 16.5. The maximum Gasteiger partial charge on any atom is 0.273 e. The molecule has 0 bridgehead atoms. The highest BCUT2D eigenvalue weighted by Crippen LogP contribution is 2.20. The number of allylic oxidation sites excluding steroid dienone is 2. The van der Waals surface area contributed by atoms with Crippen LogP contribution in [-0.2, 0) is 0 Å². The molecule has 1 aromatic heterocycles. The fourth-order valence-corrected chi connectivity index (χ4v) is 2.56. The van der Waals surface area contributed by atoms with Crippen molar-refractivity contribution in [2.24, 2.45) is 0 Å². The first-order valence-corrected chi connectivity index (χ1v) is 9.58. The first-order valence-electron chi connectivity index (χ1n) is 8.76. The first kappa shape index (κ1) is 21.6. The summed E-state index contributed by atoms with van der Waals surface area (Å²) in [4.78, 5) is 16.6. The molecule has 1 aromatic rings. The van der Waals surface area contributed by atoms with Gasteiger partial charge in [-0.2, -0.15) is 0 Å². The molecule has 0 saturated carbocycles. The number of carbonyl (C=O) groups is 1. The van der Waals surface area contributed by atoms with Crippen LogP contribution in [0.3, 0.4) is 0 Å². The van der Waals surface area contributed by atoms with Crippen LogP contribution in [0.1, 0.15) is 56.6 Å². The van der Waals surface area contributed by atoms with Gasteiger partial charge in [-0.1, -0.05) is 30.4 Å². The van der Waals surface area contributed by atoms with E-state index in [1.54, 1.807) is 0 Å². The predicted octanol–water partition coefficient (Wildman–Crippen LogP) is 2.75. The Morgan fingerprint density at radius 2 is 2.20 bits per heavy atom. The van der Waals surface area contributed by atoms with E-state index in [-0.39, 0.29) is 18.1 Å². The molecule has 6 nitrogen and oxygen atoms in total. The fraction of sp³-hybridized carbons (Fsp3) is 0.667. The third-order valence-electron chi connectivity index (χ3n) is 3.21. The lowest BCUT2D eigenvalue weighted by Crippen LogP contribution is -2.42. The number of unbranched alkanes of at least 4 members (excludes halogenated alkanes) is 1. The van der Waals surface area contributed by atoms with Gasteiger partial charge in [-0.05, 0) is 40.0 Å². The van der Waals surface area contributed by atoms with Crippen LogP contribution in [-0.4, -0.2) is 47.3 Å². The Bertz CT molecular complexity index is 538. The molecule has 7 heteroatoms. The van der Waals surface area contributed by atoms with Crippen LogP contribution in [0.2, 0.25) is 0 Å². The second kappa shape index (κ2) is 11.2. The van der Waals surface area contributed by atoms with Gasteiger partial charge in [0.25, 0.3) is 11.1 Å². The van der Waals surface area contributed by atoms with E-state index in [0.29, 0.717) is 23.2 Å². The van der Waals surface area contributed by atoms with Crippen LogP contribution in [0.25, 0.3) is 0 Å². The molecule has 0 aliphatic rings. The van der Waals surface area contributed by atoms with Gasteiger partial charge in [-0.15, -0.1) is 0 Å². The standard InChI is InChI=1S/C18H31N3O3S/c1-5-6-7-8-9-10-19-16(23)15-12-20-17(25-15)24-13-14(22)11-21-18(2,3)4/h6-7,12,14,21-22H,5,8-11,13H2,1-4H3,(H,19,23)/b7-6+. The van der Waals surface area contributed by atoms with Gasteiger partial charge in [0.15, 0.2) is 0 Å². The maximum atomic E-state index is 12.0. The van der Waals surface area contributed by atoms with Crippen molar-refractivity contribution in [3.05, 3.63) is 23.2 Å². The van der Waals surface area contributed by atoms with Crippen LogP contribution in [0.5, 0.6) is 5.19 Å². The summed E-state index contributed by atoms with van der Waals surface area (Å²) in [5.41, 5.74) is -0.0558. The third kappa shape index (κ3) is 10.2. The second-order valence-electron chi connectivity index (χ2n) is 6.86. The molecule has 1 atom stereocenters. The first-order chi connectivity index (χ1) is 11.8. The number of rotatable bonds is 11. The van der Waals surface area contributed by atoms with E-state index >= 15 is 0 Å². The minimum atomic E-state index is -0.628. The average molecular weight is 370 g/mol. The summed E-state index contributed by atoms with van der Waals surface area (Å²) >= 11 is 1.19. The molecule has 1 amide bonds. The van der Waals surface area contributed by atoms with Crippen molar-refractivity contribution in [3.8, 4) is 5.19 Å². The summed E-state index contributed by atoms with van der Waals surface area (Å²) in [5.74, 6) is -0.137. The van der Waals surface area contributed by atoms with Crippen molar-refractivity contribution in [2.45, 2.75) is 58.6 Å². The molecule has 0 aromatic carbocycles. The molecule has 0 saturated heterocycles. The highest BCUT2D eigenvalue weighted by Gasteiger charge is 2.14. The number of hydrogen-bond donors (Lipinski definition) is 3. The summed E-state index contributed by atoms with van der Waals surface area (Å²) in [6.45, 7) is 9.42. The Morgan fingerprint density at radius 1 is 1.44 bits per heavy atom. The van der Waals surface area contributed by atoms with E-state index < -0.39 is 6.10 Å². The third-order valence-corrected chi connectivity index (χ3v) is 4.12. The molecule has 25 heavy (non-hydrogen) atoms. The Labute approximate surface area is 154 Å². The van der Waals surface area contributed by atoms with Gasteiger partial charge in [0.2, 0.25) is 0 Å². The van der Waals surface area contributed by atoms with Gasteiger partial charge < -0.3 is 20.5 Å². The summed E-state index contributed by atoms with van der Waals surface area (Å²) in [6.07, 6.45) is 8.05. The van der Waals surface area contributed by atoms with E-state index in [9.17, 15) is 9.90 Å². The number of nitrogens with zero attached hydrogens (tertiary/aromatic N) is 1. The Hall–Kier alpha value is -1.44. The molecule has 0 fully saturated rings. The Balaban J connectivity index is 2.28. The van der Waals surface area contributed by atoms with E-state index in [1.165, 1.54) is 17.5 Å². The van der Waals surface area contributed by atoms with Crippen molar-refractivity contribution >= 4 is 17.2 Å². The molecule has 0 spiro atoms. The van der Waals surface area contributed by atoms with E-state index in [1.807, 2.05) is 20.8 Å².